The number of hydrogen-bond donors (Lipinski definition) is 1. The Balaban J connectivity index is 2.35. The van der Waals surface area contributed by atoms with Crippen LogP contribution in [0.2, 0.25) is 0 Å². The molecule has 1 fully saturated rings. The summed E-state index contributed by atoms with van der Waals surface area (Å²) in [4.78, 5) is 11.1. The Hall–Kier alpha value is -1.55. The average molecular weight is 263 g/mol. The Morgan fingerprint density at radius 2 is 1.79 bits per heavy atom. The summed E-state index contributed by atoms with van der Waals surface area (Å²) in [7, 11) is 3.32. The number of benzene rings is 1. The third kappa shape index (κ3) is 3.07. The third-order valence-electron chi connectivity index (χ3n) is 3.65. The molecule has 0 radical (unpaired) electrons. The standard InChI is InChI=1S/C15H21NO3/c1-18-13-8-5-9-14(19-2)15(13)12-7-4-3-6-11(10-17)16-12/h5,8-12,16H,3-4,6-7H2,1-2H3. The van der Waals surface area contributed by atoms with Crippen molar-refractivity contribution >= 4 is 6.29 Å². The van der Waals surface area contributed by atoms with Crippen LogP contribution in [0.3, 0.4) is 0 Å². The van der Waals surface area contributed by atoms with Gasteiger partial charge >= 0.3 is 0 Å². The number of aldehydes is 1. The van der Waals surface area contributed by atoms with E-state index >= 15 is 0 Å². The topological polar surface area (TPSA) is 47.6 Å². The Morgan fingerprint density at radius 1 is 1.16 bits per heavy atom. The molecular formula is C15H21NO3. The van der Waals surface area contributed by atoms with Crippen LogP contribution in [0.5, 0.6) is 11.5 Å². The molecule has 2 atom stereocenters. The largest absolute Gasteiger partial charge is 0.496 e. The maximum absolute atomic E-state index is 11.1. The van der Waals surface area contributed by atoms with E-state index in [-0.39, 0.29) is 12.1 Å². The maximum Gasteiger partial charge on any atom is 0.136 e. The zero-order valence-corrected chi connectivity index (χ0v) is 11.5. The molecule has 0 aromatic heterocycles. The lowest BCUT2D eigenvalue weighted by atomic mass is 10.00. The van der Waals surface area contributed by atoms with E-state index in [0.29, 0.717) is 0 Å². The minimum absolute atomic E-state index is 0.0814. The highest BCUT2D eigenvalue weighted by Gasteiger charge is 2.25. The van der Waals surface area contributed by atoms with Crippen molar-refractivity contribution in [2.45, 2.75) is 37.8 Å². The van der Waals surface area contributed by atoms with Gasteiger partial charge in [0.15, 0.2) is 0 Å². The zero-order valence-electron chi connectivity index (χ0n) is 11.5. The monoisotopic (exact) mass is 263 g/mol. The highest BCUT2D eigenvalue weighted by molar-refractivity contribution is 5.58. The first kappa shape index (κ1) is 13.9. The zero-order chi connectivity index (χ0) is 13.7. The van der Waals surface area contributed by atoms with Crippen molar-refractivity contribution in [1.82, 2.24) is 5.32 Å². The Labute approximate surface area is 114 Å². The summed E-state index contributed by atoms with van der Waals surface area (Å²) in [5.74, 6) is 1.62. The lowest BCUT2D eigenvalue weighted by Gasteiger charge is -2.23. The average Bonchev–Trinajstić information content (AvgIpc) is 2.71. The summed E-state index contributed by atoms with van der Waals surface area (Å²) in [6.45, 7) is 0. The molecule has 19 heavy (non-hydrogen) atoms. The maximum atomic E-state index is 11.1. The second kappa shape index (κ2) is 6.57. The fraction of sp³-hybridized carbons (Fsp3) is 0.533. The van der Waals surface area contributed by atoms with Gasteiger partial charge in [-0.1, -0.05) is 18.9 Å². The lowest BCUT2D eigenvalue weighted by Crippen LogP contribution is -2.32. The Morgan fingerprint density at radius 3 is 2.37 bits per heavy atom. The van der Waals surface area contributed by atoms with Crippen molar-refractivity contribution in [3.63, 3.8) is 0 Å². The van der Waals surface area contributed by atoms with E-state index in [1.54, 1.807) is 14.2 Å². The van der Waals surface area contributed by atoms with E-state index in [4.69, 9.17) is 9.47 Å². The van der Waals surface area contributed by atoms with Crippen LogP contribution in [0.25, 0.3) is 0 Å². The first-order valence-electron chi connectivity index (χ1n) is 6.72. The second-order valence-electron chi connectivity index (χ2n) is 4.82. The first-order chi connectivity index (χ1) is 9.30. The number of nitrogens with one attached hydrogen (secondary N) is 1. The molecule has 0 bridgehead atoms. The van der Waals surface area contributed by atoms with Crippen molar-refractivity contribution < 1.29 is 14.3 Å². The molecule has 1 heterocycles. The van der Waals surface area contributed by atoms with E-state index in [1.165, 1.54) is 0 Å². The number of rotatable bonds is 4. The van der Waals surface area contributed by atoms with Crippen molar-refractivity contribution in [3.05, 3.63) is 23.8 Å². The van der Waals surface area contributed by atoms with Crippen LogP contribution < -0.4 is 14.8 Å². The summed E-state index contributed by atoms with van der Waals surface area (Å²) in [5, 5.41) is 3.40. The van der Waals surface area contributed by atoms with E-state index in [0.717, 1.165) is 49.0 Å². The van der Waals surface area contributed by atoms with Gasteiger partial charge in [-0.15, -0.1) is 0 Å². The molecular weight excluding hydrogens is 242 g/mol. The normalized spacial score (nSPS) is 23.5. The van der Waals surface area contributed by atoms with Gasteiger partial charge in [0.2, 0.25) is 0 Å². The van der Waals surface area contributed by atoms with Crippen LogP contribution >= 0.6 is 0 Å². The minimum Gasteiger partial charge on any atom is -0.496 e. The fourth-order valence-corrected chi connectivity index (χ4v) is 2.70. The molecule has 1 saturated heterocycles. The van der Waals surface area contributed by atoms with E-state index in [2.05, 4.69) is 5.32 Å². The second-order valence-corrected chi connectivity index (χ2v) is 4.82. The highest BCUT2D eigenvalue weighted by atomic mass is 16.5. The van der Waals surface area contributed by atoms with Crippen molar-refractivity contribution in [3.8, 4) is 11.5 Å². The van der Waals surface area contributed by atoms with E-state index in [1.807, 2.05) is 18.2 Å². The lowest BCUT2D eigenvalue weighted by molar-refractivity contribution is -0.109. The summed E-state index contributed by atoms with van der Waals surface area (Å²) < 4.78 is 10.9. The molecule has 1 N–H and O–H groups in total. The predicted molar refractivity (Wildman–Crippen MR) is 73.7 cm³/mol. The van der Waals surface area contributed by atoms with Gasteiger partial charge in [0, 0.05) is 6.04 Å². The van der Waals surface area contributed by atoms with Crippen LogP contribution in [0, 0.1) is 0 Å². The summed E-state index contributed by atoms with van der Waals surface area (Å²) in [5.41, 5.74) is 1.02. The molecule has 0 aliphatic carbocycles. The number of carbonyl (C=O) groups excluding carboxylic acids is 1. The van der Waals surface area contributed by atoms with Crippen LogP contribution in [-0.4, -0.2) is 26.5 Å². The van der Waals surface area contributed by atoms with Crippen LogP contribution in [0.15, 0.2) is 18.2 Å². The van der Waals surface area contributed by atoms with Crippen molar-refractivity contribution in [1.29, 1.82) is 0 Å². The predicted octanol–water partition coefficient (Wildman–Crippen LogP) is 2.48. The Kier molecular flexibility index (Phi) is 4.80. The minimum atomic E-state index is -0.0814. The van der Waals surface area contributed by atoms with Gasteiger partial charge in [0.1, 0.15) is 17.8 Å². The number of ether oxygens (including phenoxy) is 2. The number of carbonyl (C=O) groups is 1. The SMILES string of the molecule is COc1cccc(OC)c1C1CCCCC(C=O)N1. The number of methoxy groups -OCH3 is 2. The van der Waals surface area contributed by atoms with E-state index in [9.17, 15) is 4.79 Å². The molecule has 104 valence electrons. The molecule has 1 aromatic rings. The molecule has 4 heteroatoms. The van der Waals surface area contributed by atoms with Gasteiger partial charge in [-0.25, -0.2) is 0 Å². The van der Waals surface area contributed by atoms with Gasteiger partial charge in [0.05, 0.1) is 25.8 Å². The molecule has 4 nitrogen and oxygen atoms in total. The van der Waals surface area contributed by atoms with E-state index < -0.39 is 0 Å². The molecule has 0 spiro atoms. The highest BCUT2D eigenvalue weighted by Crippen LogP contribution is 2.37. The molecule has 1 aliphatic rings. The smallest absolute Gasteiger partial charge is 0.136 e. The molecule has 0 saturated carbocycles. The molecule has 1 aliphatic heterocycles. The van der Waals surface area contributed by atoms with Gasteiger partial charge in [-0.2, -0.15) is 0 Å². The van der Waals surface area contributed by atoms with Gasteiger partial charge < -0.3 is 19.6 Å². The molecule has 2 rings (SSSR count). The molecule has 2 unspecified atom stereocenters. The van der Waals surface area contributed by atoms with Crippen LogP contribution in [0.4, 0.5) is 0 Å². The summed E-state index contributed by atoms with van der Waals surface area (Å²) in [6.07, 6.45) is 5.06. The molecule has 0 amide bonds. The van der Waals surface area contributed by atoms with Crippen molar-refractivity contribution in [2.24, 2.45) is 0 Å². The quantitative estimate of drug-likeness (QED) is 0.848. The van der Waals surface area contributed by atoms with Crippen LogP contribution in [-0.2, 0) is 4.79 Å². The van der Waals surface area contributed by atoms with Crippen LogP contribution in [0.1, 0.15) is 37.3 Å². The fourth-order valence-electron chi connectivity index (χ4n) is 2.70. The summed E-state index contributed by atoms with van der Waals surface area (Å²) in [6, 6.07) is 5.79. The Bertz CT molecular complexity index is 411. The van der Waals surface area contributed by atoms with Gasteiger partial charge in [0.25, 0.3) is 0 Å². The van der Waals surface area contributed by atoms with Gasteiger partial charge in [-0.05, 0) is 25.0 Å². The number of hydrogen-bond acceptors (Lipinski definition) is 4. The van der Waals surface area contributed by atoms with Crippen molar-refractivity contribution in [2.75, 3.05) is 14.2 Å². The van der Waals surface area contributed by atoms with Gasteiger partial charge in [-0.3, -0.25) is 0 Å². The third-order valence-corrected chi connectivity index (χ3v) is 3.65. The first-order valence-corrected chi connectivity index (χ1v) is 6.72. The summed E-state index contributed by atoms with van der Waals surface area (Å²) >= 11 is 0. The molecule has 1 aromatic carbocycles.